The molecule has 1 N–H and O–H groups in total. The summed E-state index contributed by atoms with van der Waals surface area (Å²) in [5, 5.41) is 8.01. The second kappa shape index (κ2) is 6.05. The first-order chi connectivity index (χ1) is 6.34. The largest absolute Gasteiger partial charge is 0.360 e. The van der Waals surface area contributed by atoms with Crippen molar-refractivity contribution in [2.24, 2.45) is 17.8 Å². The Morgan fingerprint density at radius 3 is 1.50 bits per heavy atom. The van der Waals surface area contributed by atoms with E-state index < -0.39 is 0 Å². The SMILES string of the molecule is CC(C)CN(CC(C)C)C(=N)C(C)C. The minimum absolute atomic E-state index is 0.340. The van der Waals surface area contributed by atoms with Crippen LogP contribution in [0.3, 0.4) is 0 Å². The summed E-state index contributed by atoms with van der Waals surface area (Å²) in [6, 6.07) is 0. The smallest absolute Gasteiger partial charge is 0.0984 e. The van der Waals surface area contributed by atoms with Crippen LogP contribution in [0.2, 0.25) is 0 Å². The highest BCUT2D eigenvalue weighted by Gasteiger charge is 2.15. The van der Waals surface area contributed by atoms with Gasteiger partial charge in [-0.1, -0.05) is 41.5 Å². The van der Waals surface area contributed by atoms with Gasteiger partial charge in [0.2, 0.25) is 0 Å². The van der Waals surface area contributed by atoms with Crippen molar-refractivity contribution in [3.63, 3.8) is 0 Å². The summed E-state index contributed by atoms with van der Waals surface area (Å²) >= 11 is 0. The molecule has 0 rings (SSSR count). The van der Waals surface area contributed by atoms with E-state index in [0.29, 0.717) is 17.8 Å². The maximum Gasteiger partial charge on any atom is 0.0984 e. The fourth-order valence-electron chi connectivity index (χ4n) is 1.52. The number of rotatable bonds is 5. The van der Waals surface area contributed by atoms with Crippen molar-refractivity contribution in [1.29, 1.82) is 5.41 Å². The number of amidine groups is 1. The Balaban J connectivity index is 4.31. The Bertz CT molecular complexity index is 161. The van der Waals surface area contributed by atoms with Crippen molar-refractivity contribution in [2.75, 3.05) is 13.1 Å². The Morgan fingerprint density at radius 1 is 0.929 bits per heavy atom. The third-order valence-electron chi connectivity index (χ3n) is 2.06. The van der Waals surface area contributed by atoms with Gasteiger partial charge >= 0.3 is 0 Å². The molecule has 0 aliphatic heterocycles. The molecule has 84 valence electrons. The van der Waals surface area contributed by atoms with Crippen molar-refractivity contribution >= 4 is 5.84 Å². The van der Waals surface area contributed by atoms with Gasteiger partial charge < -0.3 is 4.90 Å². The van der Waals surface area contributed by atoms with Crippen LogP contribution in [0.5, 0.6) is 0 Å². The van der Waals surface area contributed by atoms with E-state index >= 15 is 0 Å². The summed E-state index contributed by atoms with van der Waals surface area (Å²) in [6.45, 7) is 15.0. The van der Waals surface area contributed by atoms with E-state index in [1.165, 1.54) is 0 Å². The number of hydrogen-bond acceptors (Lipinski definition) is 1. The lowest BCUT2D eigenvalue weighted by Crippen LogP contribution is -2.38. The lowest BCUT2D eigenvalue weighted by Gasteiger charge is -2.30. The summed E-state index contributed by atoms with van der Waals surface area (Å²) in [5.41, 5.74) is 0. The van der Waals surface area contributed by atoms with E-state index in [0.717, 1.165) is 18.9 Å². The van der Waals surface area contributed by atoms with Crippen molar-refractivity contribution in [2.45, 2.75) is 41.5 Å². The highest BCUT2D eigenvalue weighted by atomic mass is 15.2. The molecule has 0 fully saturated rings. The molecule has 2 heteroatoms. The Labute approximate surface area is 89.2 Å². The molecule has 0 saturated heterocycles. The summed E-state index contributed by atoms with van der Waals surface area (Å²) in [7, 11) is 0. The highest BCUT2D eigenvalue weighted by molar-refractivity contribution is 5.80. The normalized spacial score (nSPS) is 11.5. The number of nitrogens with one attached hydrogen (secondary N) is 1. The zero-order valence-corrected chi connectivity index (χ0v) is 10.6. The van der Waals surface area contributed by atoms with Crippen molar-refractivity contribution < 1.29 is 0 Å². The van der Waals surface area contributed by atoms with Crippen LogP contribution in [0.25, 0.3) is 0 Å². The molecule has 2 nitrogen and oxygen atoms in total. The number of nitrogens with zero attached hydrogens (tertiary/aromatic N) is 1. The molecule has 0 atom stereocenters. The topological polar surface area (TPSA) is 27.1 Å². The van der Waals surface area contributed by atoms with Crippen LogP contribution in [-0.2, 0) is 0 Å². The average Bonchev–Trinajstić information content (AvgIpc) is 1.99. The molecule has 0 amide bonds. The van der Waals surface area contributed by atoms with Crippen LogP contribution < -0.4 is 0 Å². The average molecular weight is 198 g/mol. The Morgan fingerprint density at radius 2 is 1.29 bits per heavy atom. The fraction of sp³-hybridized carbons (Fsp3) is 0.917. The molecule has 0 aromatic rings. The van der Waals surface area contributed by atoms with Gasteiger partial charge in [0.15, 0.2) is 0 Å². The van der Waals surface area contributed by atoms with E-state index in [4.69, 9.17) is 5.41 Å². The summed E-state index contributed by atoms with van der Waals surface area (Å²) in [5.74, 6) is 2.39. The molecule has 0 radical (unpaired) electrons. The Hall–Kier alpha value is -0.530. The molecule has 0 unspecified atom stereocenters. The zero-order chi connectivity index (χ0) is 11.3. The first kappa shape index (κ1) is 13.5. The second-order valence-electron chi connectivity index (χ2n) is 5.23. The first-order valence-corrected chi connectivity index (χ1v) is 5.68. The van der Waals surface area contributed by atoms with Gasteiger partial charge in [0, 0.05) is 19.0 Å². The van der Waals surface area contributed by atoms with Crippen molar-refractivity contribution in [1.82, 2.24) is 4.90 Å². The minimum Gasteiger partial charge on any atom is -0.360 e. The van der Waals surface area contributed by atoms with Crippen molar-refractivity contribution in [3.05, 3.63) is 0 Å². The standard InChI is InChI=1S/C12H26N2/c1-9(2)7-14(8-10(3)4)12(13)11(5)6/h9-11,13H,7-8H2,1-6H3. The van der Waals surface area contributed by atoms with Gasteiger partial charge in [0.05, 0.1) is 5.84 Å². The predicted molar refractivity (Wildman–Crippen MR) is 63.8 cm³/mol. The van der Waals surface area contributed by atoms with Gasteiger partial charge in [0.1, 0.15) is 0 Å². The molecule has 0 spiro atoms. The molecule has 0 aromatic carbocycles. The number of hydrogen-bond donors (Lipinski definition) is 1. The quantitative estimate of drug-likeness (QED) is 0.533. The van der Waals surface area contributed by atoms with Crippen molar-refractivity contribution in [3.8, 4) is 0 Å². The third kappa shape index (κ3) is 5.25. The minimum atomic E-state index is 0.340. The van der Waals surface area contributed by atoms with Gasteiger partial charge in [-0.25, -0.2) is 0 Å². The molecule has 0 saturated carbocycles. The van der Waals surface area contributed by atoms with Crippen LogP contribution in [0, 0.1) is 23.2 Å². The van der Waals surface area contributed by atoms with Gasteiger partial charge in [-0.05, 0) is 11.8 Å². The molecule has 14 heavy (non-hydrogen) atoms. The van der Waals surface area contributed by atoms with Crippen LogP contribution in [0.4, 0.5) is 0 Å². The third-order valence-corrected chi connectivity index (χ3v) is 2.06. The maximum atomic E-state index is 8.01. The highest BCUT2D eigenvalue weighted by Crippen LogP contribution is 2.08. The second-order valence-corrected chi connectivity index (χ2v) is 5.23. The molecule has 0 aliphatic carbocycles. The van der Waals surface area contributed by atoms with E-state index in [-0.39, 0.29) is 0 Å². The van der Waals surface area contributed by atoms with Gasteiger partial charge in [0.25, 0.3) is 0 Å². The van der Waals surface area contributed by atoms with E-state index in [1.807, 2.05) is 0 Å². The van der Waals surface area contributed by atoms with Crippen LogP contribution in [0.1, 0.15) is 41.5 Å². The van der Waals surface area contributed by atoms with Crippen LogP contribution in [-0.4, -0.2) is 23.8 Å². The molecular weight excluding hydrogens is 172 g/mol. The zero-order valence-electron chi connectivity index (χ0n) is 10.6. The van der Waals surface area contributed by atoms with Gasteiger partial charge in [-0.2, -0.15) is 0 Å². The van der Waals surface area contributed by atoms with Gasteiger partial charge in [-0.15, -0.1) is 0 Å². The molecule has 0 heterocycles. The molecule has 0 aromatic heterocycles. The lowest BCUT2D eigenvalue weighted by atomic mass is 10.1. The van der Waals surface area contributed by atoms with Crippen LogP contribution in [0.15, 0.2) is 0 Å². The molecule has 0 aliphatic rings. The summed E-state index contributed by atoms with van der Waals surface area (Å²) in [4.78, 5) is 2.22. The first-order valence-electron chi connectivity index (χ1n) is 5.68. The van der Waals surface area contributed by atoms with Crippen LogP contribution >= 0.6 is 0 Å². The van der Waals surface area contributed by atoms with E-state index in [9.17, 15) is 0 Å². The lowest BCUT2D eigenvalue weighted by molar-refractivity contribution is 0.314. The fourth-order valence-corrected chi connectivity index (χ4v) is 1.52. The Kier molecular flexibility index (Phi) is 5.82. The summed E-state index contributed by atoms with van der Waals surface area (Å²) in [6.07, 6.45) is 0. The monoisotopic (exact) mass is 198 g/mol. The van der Waals surface area contributed by atoms with E-state index in [2.05, 4.69) is 46.4 Å². The van der Waals surface area contributed by atoms with Gasteiger partial charge in [-0.3, -0.25) is 5.41 Å². The maximum absolute atomic E-state index is 8.01. The molecule has 0 bridgehead atoms. The predicted octanol–water partition coefficient (Wildman–Crippen LogP) is 3.23. The van der Waals surface area contributed by atoms with E-state index in [1.54, 1.807) is 0 Å². The summed E-state index contributed by atoms with van der Waals surface area (Å²) < 4.78 is 0. The molecular formula is C12H26N2.